The minimum atomic E-state index is -1.32. The molecule has 0 radical (unpaired) electrons. The molecule has 3 rings (SSSR count). The Morgan fingerprint density at radius 3 is 2.48 bits per heavy atom. The van der Waals surface area contributed by atoms with Crippen LogP contribution in [0, 0.1) is 5.82 Å². The summed E-state index contributed by atoms with van der Waals surface area (Å²) in [6.07, 6.45) is 2.42. The number of carboxylic acids is 1. The van der Waals surface area contributed by atoms with Crippen LogP contribution in [0.15, 0.2) is 23.1 Å². The van der Waals surface area contributed by atoms with Crippen LogP contribution in [-0.2, 0) is 16.1 Å². The third-order valence-electron chi connectivity index (χ3n) is 5.59. The highest BCUT2D eigenvalue weighted by Crippen LogP contribution is 2.26. The summed E-state index contributed by atoms with van der Waals surface area (Å²) in [5.41, 5.74) is -0.115. The molecule has 0 saturated carbocycles. The monoisotopic (exact) mass is 433 g/mol. The van der Waals surface area contributed by atoms with Crippen LogP contribution in [-0.4, -0.2) is 65.8 Å². The average molecular weight is 433 g/mol. The number of pyridine rings is 1. The van der Waals surface area contributed by atoms with E-state index in [1.807, 2.05) is 11.8 Å². The molecule has 0 aliphatic carbocycles. The Morgan fingerprint density at radius 1 is 1.16 bits per heavy atom. The van der Waals surface area contributed by atoms with Gasteiger partial charge in [0.25, 0.3) is 0 Å². The van der Waals surface area contributed by atoms with Crippen molar-refractivity contribution in [3.05, 3.63) is 39.9 Å². The summed E-state index contributed by atoms with van der Waals surface area (Å²) >= 11 is 0. The molecule has 1 aliphatic heterocycles. The topological polar surface area (TPSA) is 92.1 Å². The van der Waals surface area contributed by atoms with Gasteiger partial charge in [0.1, 0.15) is 11.4 Å². The lowest BCUT2D eigenvalue weighted by molar-refractivity contribution is -0.143. The van der Waals surface area contributed by atoms with Crippen molar-refractivity contribution < 1.29 is 23.8 Å². The number of aromatic nitrogens is 1. The predicted octanol–water partition coefficient (Wildman–Crippen LogP) is 2.32. The van der Waals surface area contributed by atoms with Crippen molar-refractivity contribution in [2.24, 2.45) is 0 Å². The maximum absolute atomic E-state index is 14.9. The average Bonchev–Trinajstić information content (AvgIpc) is 2.74. The van der Waals surface area contributed by atoms with Crippen molar-refractivity contribution in [3.8, 4) is 0 Å². The van der Waals surface area contributed by atoms with E-state index in [0.29, 0.717) is 43.9 Å². The molecule has 1 saturated heterocycles. The molecule has 1 fully saturated rings. The van der Waals surface area contributed by atoms with Crippen molar-refractivity contribution in [3.63, 3.8) is 0 Å². The molecule has 1 aliphatic rings. The number of piperazine rings is 1. The highest BCUT2D eigenvalue weighted by atomic mass is 19.1. The summed E-state index contributed by atoms with van der Waals surface area (Å²) in [7, 11) is 0. The van der Waals surface area contributed by atoms with Gasteiger partial charge in [-0.05, 0) is 38.9 Å². The van der Waals surface area contributed by atoms with Crippen molar-refractivity contribution >= 4 is 28.5 Å². The number of nitrogens with zero attached hydrogens (tertiary/aromatic N) is 3. The fourth-order valence-corrected chi connectivity index (χ4v) is 3.95. The Kier molecular flexibility index (Phi) is 7.27. The smallest absolute Gasteiger partial charge is 0.341 e. The number of benzene rings is 1. The van der Waals surface area contributed by atoms with E-state index in [1.165, 1.54) is 6.20 Å². The van der Waals surface area contributed by atoms with Gasteiger partial charge in [-0.3, -0.25) is 14.5 Å². The zero-order valence-corrected chi connectivity index (χ0v) is 17.9. The number of aromatic carboxylic acids is 1. The number of ether oxygens (including phenoxy) is 1. The van der Waals surface area contributed by atoms with Crippen molar-refractivity contribution in [1.82, 2.24) is 9.47 Å². The maximum Gasteiger partial charge on any atom is 0.341 e. The number of halogens is 1. The van der Waals surface area contributed by atoms with Crippen molar-refractivity contribution in [2.75, 3.05) is 44.2 Å². The van der Waals surface area contributed by atoms with Crippen LogP contribution in [0.4, 0.5) is 10.1 Å². The number of carboxylic acid groups (broad SMARTS) is 1. The van der Waals surface area contributed by atoms with Gasteiger partial charge in [-0.1, -0.05) is 0 Å². The van der Waals surface area contributed by atoms with E-state index >= 15 is 0 Å². The number of hydrogen-bond donors (Lipinski definition) is 1. The molecule has 1 N–H and O–H groups in total. The first-order valence-electron chi connectivity index (χ1n) is 10.6. The SMILES string of the molecule is CCOC(=O)CCCN1CCN(c2cc3c(cc2F)c(=O)c(C(=O)O)cn3CC)CC1. The number of fused-ring (bicyclic) bond motifs is 1. The Morgan fingerprint density at radius 2 is 1.87 bits per heavy atom. The van der Waals surface area contributed by atoms with Crippen molar-refractivity contribution in [2.45, 2.75) is 33.2 Å². The number of hydrogen-bond acceptors (Lipinski definition) is 6. The lowest BCUT2D eigenvalue weighted by Gasteiger charge is -2.36. The zero-order valence-electron chi connectivity index (χ0n) is 17.9. The van der Waals surface area contributed by atoms with Gasteiger partial charge in [0.2, 0.25) is 5.43 Å². The summed E-state index contributed by atoms with van der Waals surface area (Å²) in [5, 5.41) is 9.34. The van der Waals surface area contributed by atoms with E-state index in [1.54, 1.807) is 17.6 Å². The molecule has 1 aromatic carbocycles. The molecule has 0 bridgehead atoms. The van der Waals surface area contributed by atoms with Gasteiger partial charge >= 0.3 is 11.9 Å². The molecule has 0 amide bonds. The van der Waals surface area contributed by atoms with E-state index in [0.717, 1.165) is 32.1 Å². The maximum atomic E-state index is 14.9. The number of esters is 1. The summed E-state index contributed by atoms with van der Waals surface area (Å²) in [5.74, 6) is -2.05. The molecule has 0 unspecified atom stereocenters. The second-order valence-electron chi connectivity index (χ2n) is 7.52. The molecular formula is C22H28FN3O5. The van der Waals surface area contributed by atoms with E-state index in [-0.39, 0.29) is 16.9 Å². The van der Waals surface area contributed by atoms with E-state index < -0.39 is 17.2 Å². The van der Waals surface area contributed by atoms with Crippen LogP contribution in [0.25, 0.3) is 10.9 Å². The predicted molar refractivity (Wildman–Crippen MR) is 115 cm³/mol. The number of anilines is 1. The molecule has 168 valence electrons. The molecule has 0 atom stereocenters. The molecule has 2 heterocycles. The number of carbonyl (C=O) groups excluding carboxylic acids is 1. The van der Waals surface area contributed by atoms with Crippen LogP contribution in [0.1, 0.15) is 37.0 Å². The normalized spacial score (nSPS) is 14.7. The van der Waals surface area contributed by atoms with Crippen LogP contribution < -0.4 is 10.3 Å². The minimum absolute atomic E-state index is 0.0700. The lowest BCUT2D eigenvalue weighted by atomic mass is 10.1. The first-order valence-corrected chi connectivity index (χ1v) is 10.6. The standard InChI is InChI=1S/C22H28FN3O5/c1-3-25-14-16(22(29)30)21(28)15-12-17(23)19(13-18(15)25)26-10-8-24(9-11-26)7-5-6-20(27)31-4-2/h12-14H,3-11H2,1-2H3,(H,29,30). The first kappa shape index (κ1) is 22.7. The quantitative estimate of drug-likeness (QED) is 0.639. The molecule has 1 aromatic heterocycles. The fourth-order valence-electron chi connectivity index (χ4n) is 3.95. The largest absolute Gasteiger partial charge is 0.477 e. The van der Waals surface area contributed by atoms with Gasteiger partial charge in [0, 0.05) is 50.7 Å². The highest BCUT2D eigenvalue weighted by molar-refractivity contribution is 5.93. The molecule has 31 heavy (non-hydrogen) atoms. The minimum Gasteiger partial charge on any atom is -0.477 e. The van der Waals surface area contributed by atoms with Crippen LogP contribution >= 0.6 is 0 Å². The first-order chi connectivity index (χ1) is 14.8. The van der Waals surface area contributed by atoms with E-state index in [4.69, 9.17) is 4.74 Å². The van der Waals surface area contributed by atoms with Gasteiger partial charge in [-0.2, -0.15) is 0 Å². The van der Waals surface area contributed by atoms with Gasteiger partial charge in [-0.25, -0.2) is 9.18 Å². The molecule has 9 heteroatoms. The van der Waals surface area contributed by atoms with Crippen LogP contribution in [0.2, 0.25) is 0 Å². The summed E-state index contributed by atoms with van der Waals surface area (Å²) in [6.45, 7) is 7.95. The van der Waals surface area contributed by atoms with E-state index in [9.17, 15) is 23.9 Å². The zero-order chi connectivity index (χ0) is 22.5. The molecule has 2 aromatic rings. The lowest BCUT2D eigenvalue weighted by Crippen LogP contribution is -2.47. The van der Waals surface area contributed by atoms with Gasteiger partial charge in [0.05, 0.1) is 17.8 Å². The molecule has 0 spiro atoms. The van der Waals surface area contributed by atoms with E-state index in [2.05, 4.69) is 4.90 Å². The van der Waals surface area contributed by atoms with Crippen LogP contribution in [0.3, 0.4) is 0 Å². The fraction of sp³-hybridized carbons (Fsp3) is 0.500. The second-order valence-corrected chi connectivity index (χ2v) is 7.52. The second kappa shape index (κ2) is 9.91. The third kappa shape index (κ3) is 5.04. The van der Waals surface area contributed by atoms with Crippen molar-refractivity contribution in [1.29, 1.82) is 0 Å². The molecular weight excluding hydrogens is 405 g/mol. The van der Waals surface area contributed by atoms with Gasteiger partial charge in [-0.15, -0.1) is 0 Å². The van der Waals surface area contributed by atoms with Gasteiger partial charge < -0.3 is 19.3 Å². The number of rotatable bonds is 8. The Labute approximate surface area is 179 Å². The molecule has 8 nitrogen and oxygen atoms in total. The van der Waals surface area contributed by atoms with Crippen LogP contribution in [0.5, 0.6) is 0 Å². The summed E-state index contributed by atoms with van der Waals surface area (Å²) in [6, 6.07) is 2.79. The number of aryl methyl sites for hydroxylation is 1. The van der Waals surface area contributed by atoms with Gasteiger partial charge in [0.15, 0.2) is 0 Å². The third-order valence-corrected chi connectivity index (χ3v) is 5.59. The Bertz CT molecular complexity index is 1030. The summed E-state index contributed by atoms with van der Waals surface area (Å²) < 4.78 is 21.5. The highest BCUT2D eigenvalue weighted by Gasteiger charge is 2.22. The Hall–Kier alpha value is -2.94. The summed E-state index contributed by atoms with van der Waals surface area (Å²) in [4.78, 5) is 39.5. The Balaban J connectivity index is 1.75. The number of carbonyl (C=O) groups is 2.